The number of esters is 1. The van der Waals surface area contributed by atoms with Crippen molar-refractivity contribution in [1.29, 1.82) is 0 Å². The Morgan fingerprint density at radius 1 is 1.50 bits per heavy atom. The number of aromatic nitrogens is 1. The van der Waals surface area contributed by atoms with Crippen molar-refractivity contribution in [3.05, 3.63) is 5.56 Å². The minimum Gasteiger partial charge on any atom is -0.465 e. The Bertz CT molecular complexity index is 435. The first-order chi connectivity index (χ1) is 8.67. The quantitative estimate of drug-likeness (QED) is 0.807. The minimum absolute atomic E-state index is 0.166. The van der Waals surface area contributed by atoms with Crippen LogP contribution >= 0.6 is 11.5 Å². The van der Waals surface area contributed by atoms with Gasteiger partial charge in [-0.1, -0.05) is 0 Å². The topological polar surface area (TPSA) is 86.5 Å². The van der Waals surface area contributed by atoms with Crippen molar-refractivity contribution in [2.24, 2.45) is 0 Å². The average Bonchev–Trinajstić information content (AvgIpc) is 2.96. The van der Waals surface area contributed by atoms with E-state index in [0.717, 1.165) is 19.3 Å². The number of carbonyl (C=O) groups excluding carboxylic acids is 1. The fraction of sp³-hybridized carbons (Fsp3) is 0.636. The highest BCUT2D eigenvalue weighted by Crippen LogP contribution is 2.32. The van der Waals surface area contributed by atoms with Crippen LogP contribution < -0.4 is 11.1 Å². The highest BCUT2D eigenvalue weighted by molar-refractivity contribution is 7.11. The fourth-order valence-corrected chi connectivity index (χ4v) is 3.01. The first kappa shape index (κ1) is 13.1. The molecule has 18 heavy (non-hydrogen) atoms. The normalized spacial score (nSPS) is 23.0. The molecule has 0 aliphatic heterocycles. The number of hydrogen-bond acceptors (Lipinski definition) is 7. The molecular formula is C11H17N3O3S. The van der Waals surface area contributed by atoms with E-state index in [1.807, 2.05) is 0 Å². The molecule has 0 radical (unpaired) electrons. The fourth-order valence-electron chi connectivity index (χ4n) is 2.24. The van der Waals surface area contributed by atoms with Crippen molar-refractivity contribution in [1.82, 2.24) is 4.37 Å². The summed E-state index contributed by atoms with van der Waals surface area (Å²) in [6.07, 6.45) is 3.31. The average molecular weight is 271 g/mol. The van der Waals surface area contributed by atoms with Gasteiger partial charge < -0.3 is 20.5 Å². The minimum atomic E-state index is -0.462. The van der Waals surface area contributed by atoms with Gasteiger partial charge in [-0.2, -0.15) is 4.37 Å². The van der Waals surface area contributed by atoms with E-state index in [0.29, 0.717) is 10.6 Å². The molecule has 1 aromatic rings. The lowest BCUT2D eigenvalue weighted by atomic mass is 10.2. The second-order valence-corrected chi connectivity index (χ2v) is 4.99. The third kappa shape index (κ3) is 2.41. The van der Waals surface area contributed by atoms with Crippen LogP contribution in [0.2, 0.25) is 0 Å². The molecule has 1 fully saturated rings. The molecule has 2 atom stereocenters. The first-order valence-electron chi connectivity index (χ1n) is 5.80. The Kier molecular flexibility index (Phi) is 4.03. The van der Waals surface area contributed by atoms with E-state index in [4.69, 9.17) is 15.2 Å². The lowest BCUT2D eigenvalue weighted by Crippen LogP contribution is -2.30. The van der Waals surface area contributed by atoms with Crippen LogP contribution in [-0.4, -0.2) is 36.7 Å². The maximum Gasteiger partial charge on any atom is 0.344 e. The van der Waals surface area contributed by atoms with E-state index in [2.05, 4.69) is 9.69 Å². The number of hydrogen-bond donors (Lipinski definition) is 2. The smallest absolute Gasteiger partial charge is 0.344 e. The maximum absolute atomic E-state index is 11.6. The number of nitrogen functional groups attached to an aromatic ring is 1. The SMILES string of the molecule is COC(=O)c1c(N)nsc1NC1CCCC1OC. The van der Waals surface area contributed by atoms with Crippen LogP contribution in [0, 0.1) is 0 Å². The van der Waals surface area contributed by atoms with Crippen molar-refractivity contribution in [3.8, 4) is 0 Å². The summed E-state index contributed by atoms with van der Waals surface area (Å²) < 4.78 is 14.1. The number of carbonyl (C=O) groups is 1. The molecule has 0 amide bonds. The Balaban J connectivity index is 2.16. The van der Waals surface area contributed by atoms with Crippen molar-refractivity contribution >= 4 is 28.3 Å². The van der Waals surface area contributed by atoms with E-state index in [-0.39, 0.29) is 18.0 Å². The van der Waals surface area contributed by atoms with Gasteiger partial charge >= 0.3 is 5.97 Å². The van der Waals surface area contributed by atoms with Crippen LogP contribution in [-0.2, 0) is 9.47 Å². The summed E-state index contributed by atoms with van der Waals surface area (Å²) >= 11 is 1.18. The third-order valence-corrected chi connectivity index (χ3v) is 3.97. The number of nitrogens with zero attached hydrogens (tertiary/aromatic N) is 1. The maximum atomic E-state index is 11.6. The second kappa shape index (κ2) is 5.53. The molecule has 0 aromatic carbocycles. The highest BCUT2D eigenvalue weighted by atomic mass is 32.1. The van der Waals surface area contributed by atoms with E-state index in [1.165, 1.54) is 18.6 Å². The van der Waals surface area contributed by atoms with Gasteiger partial charge in [0.05, 0.1) is 19.3 Å². The van der Waals surface area contributed by atoms with Gasteiger partial charge in [0.15, 0.2) is 5.82 Å². The van der Waals surface area contributed by atoms with Crippen molar-refractivity contribution < 1.29 is 14.3 Å². The Morgan fingerprint density at radius 3 is 2.94 bits per heavy atom. The van der Waals surface area contributed by atoms with Crippen LogP contribution in [0.3, 0.4) is 0 Å². The molecule has 1 saturated carbocycles. The number of ether oxygens (including phenoxy) is 2. The molecule has 2 unspecified atom stereocenters. The predicted octanol–water partition coefficient (Wildman–Crippen LogP) is 1.49. The van der Waals surface area contributed by atoms with Gasteiger partial charge in [-0.15, -0.1) is 0 Å². The van der Waals surface area contributed by atoms with E-state index in [1.54, 1.807) is 7.11 Å². The number of nitrogens with two attached hydrogens (primary N) is 1. The zero-order valence-electron chi connectivity index (χ0n) is 10.4. The molecular weight excluding hydrogens is 254 g/mol. The Hall–Kier alpha value is -1.34. The lowest BCUT2D eigenvalue weighted by molar-refractivity contribution is 0.0603. The van der Waals surface area contributed by atoms with Crippen LogP contribution in [0.25, 0.3) is 0 Å². The van der Waals surface area contributed by atoms with E-state index in [9.17, 15) is 4.79 Å². The largest absolute Gasteiger partial charge is 0.465 e. The molecule has 0 spiro atoms. The van der Waals surface area contributed by atoms with E-state index >= 15 is 0 Å². The molecule has 1 heterocycles. The number of methoxy groups -OCH3 is 2. The molecule has 1 aliphatic carbocycles. The van der Waals surface area contributed by atoms with Crippen LogP contribution in [0.4, 0.5) is 10.8 Å². The number of nitrogens with one attached hydrogen (secondary N) is 1. The lowest BCUT2D eigenvalue weighted by Gasteiger charge is -2.19. The van der Waals surface area contributed by atoms with Crippen molar-refractivity contribution in [3.63, 3.8) is 0 Å². The molecule has 3 N–H and O–H groups in total. The summed E-state index contributed by atoms with van der Waals surface area (Å²) in [5.41, 5.74) is 6.01. The standard InChI is InChI=1S/C11H17N3O3S/c1-16-7-5-3-4-6(7)13-10-8(11(15)17-2)9(12)14-18-10/h6-7,13H,3-5H2,1-2H3,(H2,12,14). The van der Waals surface area contributed by atoms with Gasteiger partial charge in [0.2, 0.25) is 0 Å². The number of rotatable bonds is 4. The zero-order valence-corrected chi connectivity index (χ0v) is 11.3. The van der Waals surface area contributed by atoms with Gasteiger partial charge in [-0.3, -0.25) is 0 Å². The van der Waals surface area contributed by atoms with Gasteiger partial charge in [0, 0.05) is 7.11 Å². The van der Waals surface area contributed by atoms with Gasteiger partial charge in [-0.25, -0.2) is 4.79 Å². The molecule has 6 nitrogen and oxygen atoms in total. The molecule has 1 aliphatic rings. The summed E-state index contributed by atoms with van der Waals surface area (Å²) in [5.74, 6) is -0.253. The van der Waals surface area contributed by atoms with Crippen LogP contribution in [0.1, 0.15) is 29.6 Å². The molecule has 7 heteroatoms. The van der Waals surface area contributed by atoms with Crippen LogP contribution in [0.5, 0.6) is 0 Å². The molecule has 100 valence electrons. The van der Waals surface area contributed by atoms with E-state index < -0.39 is 5.97 Å². The second-order valence-electron chi connectivity index (χ2n) is 4.22. The summed E-state index contributed by atoms with van der Waals surface area (Å²) in [6, 6.07) is 0.193. The third-order valence-electron chi connectivity index (χ3n) is 3.18. The molecule has 2 rings (SSSR count). The zero-order chi connectivity index (χ0) is 13.1. The van der Waals surface area contributed by atoms with Crippen molar-refractivity contribution in [2.75, 3.05) is 25.3 Å². The van der Waals surface area contributed by atoms with Gasteiger partial charge in [0.25, 0.3) is 0 Å². The molecule has 1 aromatic heterocycles. The predicted molar refractivity (Wildman–Crippen MR) is 69.9 cm³/mol. The molecule has 0 bridgehead atoms. The van der Waals surface area contributed by atoms with Gasteiger partial charge in [0.1, 0.15) is 10.6 Å². The Labute approximate surface area is 110 Å². The first-order valence-corrected chi connectivity index (χ1v) is 6.57. The summed E-state index contributed by atoms with van der Waals surface area (Å²) in [5, 5.41) is 3.96. The summed E-state index contributed by atoms with van der Waals surface area (Å²) in [4.78, 5) is 11.6. The number of anilines is 2. The highest BCUT2D eigenvalue weighted by Gasteiger charge is 2.29. The van der Waals surface area contributed by atoms with Crippen LogP contribution in [0.15, 0.2) is 0 Å². The monoisotopic (exact) mass is 271 g/mol. The Morgan fingerprint density at radius 2 is 2.28 bits per heavy atom. The van der Waals surface area contributed by atoms with Crippen molar-refractivity contribution in [2.45, 2.75) is 31.4 Å². The summed E-state index contributed by atoms with van der Waals surface area (Å²) in [7, 11) is 3.03. The summed E-state index contributed by atoms with van der Waals surface area (Å²) in [6.45, 7) is 0. The molecule has 0 saturated heterocycles. The van der Waals surface area contributed by atoms with Gasteiger partial charge in [-0.05, 0) is 30.8 Å².